The van der Waals surface area contributed by atoms with Gasteiger partial charge in [-0.2, -0.15) is 0 Å². The molecule has 4 rings (SSSR count). The Bertz CT molecular complexity index is 995. The van der Waals surface area contributed by atoms with Gasteiger partial charge in [-0.1, -0.05) is 86.8 Å². The third-order valence-electron chi connectivity index (χ3n) is 5.11. The van der Waals surface area contributed by atoms with E-state index in [0.29, 0.717) is 0 Å². The fourth-order valence-corrected chi connectivity index (χ4v) is 3.79. The number of rotatable bonds is 5. The van der Waals surface area contributed by atoms with Crippen LogP contribution in [0.2, 0.25) is 0 Å². The summed E-state index contributed by atoms with van der Waals surface area (Å²) in [4.78, 5) is 0. The third kappa shape index (κ3) is 2.78. The Hall–Kier alpha value is -2.34. The fraction of sp³-hybridized carbons (Fsp3) is 0.250. The lowest BCUT2D eigenvalue weighted by atomic mass is 10.0. The second-order valence-corrected chi connectivity index (χ2v) is 6.82. The van der Waals surface area contributed by atoms with Crippen molar-refractivity contribution in [2.75, 3.05) is 0 Å². The number of benzene rings is 2. The van der Waals surface area contributed by atoms with E-state index >= 15 is 0 Å². The van der Waals surface area contributed by atoms with E-state index in [9.17, 15) is 0 Å². The Balaban J connectivity index is 1.85. The molecule has 120 valence electrons. The van der Waals surface area contributed by atoms with E-state index in [0.717, 1.165) is 0 Å². The number of hydrogen-bond acceptors (Lipinski definition) is 0. The molecule has 0 aliphatic carbocycles. The largest absolute Gasteiger partial charge is 0.0654 e. The van der Waals surface area contributed by atoms with Crippen LogP contribution in [0.25, 0.3) is 32.3 Å². The maximum Gasteiger partial charge on any atom is -0.00929 e. The summed E-state index contributed by atoms with van der Waals surface area (Å²) in [7, 11) is 0. The zero-order chi connectivity index (χ0) is 16.4. The molecule has 0 N–H and O–H groups in total. The van der Waals surface area contributed by atoms with Crippen molar-refractivity contribution in [1.29, 1.82) is 0 Å². The van der Waals surface area contributed by atoms with Gasteiger partial charge in [0, 0.05) is 0 Å². The minimum atomic E-state index is 1.18. The first-order valence-corrected chi connectivity index (χ1v) is 9.20. The highest BCUT2D eigenvalue weighted by Gasteiger charge is 2.06. The number of unbranched alkanes of at least 4 members (excludes halogenated alkanes) is 3. The minimum absolute atomic E-state index is 1.18. The first-order chi connectivity index (χ1) is 11.9. The topological polar surface area (TPSA) is 0 Å². The molecule has 0 fully saturated rings. The van der Waals surface area contributed by atoms with Crippen LogP contribution in [0.15, 0.2) is 66.7 Å². The van der Waals surface area contributed by atoms with Crippen LogP contribution in [-0.4, -0.2) is 0 Å². The van der Waals surface area contributed by atoms with E-state index in [1.165, 1.54) is 70.0 Å². The van der Waals surface area contributed by atoms with Crippen LogP contribution in [0.5, 0.6) is 0 Å². The molecular formula is C24H24. The predicted molar refractivity (Wildman–Crippen MR) is 107 cm³/mol. The van der Waals surface area contributed by atoms with Gasteiger partial charge >= 0.3 is 0 Å². The number of hydrogen-bond donors (Lipinski definition) is 0. The van der Waals surface area contributed by atoms with Crippen molar-refractivity contribution in [1.82, 2.24) is 0 Å². The Morgan fingerprint density at radius 2 is 1.46 bits per heavy atom. The monoisotopic (exact) mass is 312 g/mol. The lowest BCUT2D eigenvalue weighted by Crippen LogP contribution is -1.83. The lowest BCUT2D eigenvalue weighted by Gasteiger charge is -2.01. The molecule has 0 aliphatic heterocycles. The molecule has 0 saturated carbocycles. The molecule has 0 atom stereocenters. The molecule has 0 saturated heterocycles. The van der Waals surface area contributed by atoms with Gasteiger partial charge in [-0.3, -0.25) is 0 Å². The first kappa shape index (κ1) is 15.2. The number of fused-ring (bicyclic) bond motifs is 5. The fourth-order valence-electron chi connectivity index (χ4n) is 3.79. The van der Waals surface area contributed by atoms with Gasteiger partial charge in [0.05, 0.1) is 0 Å². The molecule has 0 radical (unpaired) electrons. The number of aryl methyl sites for hydroxylation is 1. The van der Waals surface area contributed by atoms with Crippen molar-refractivity contribution in [3.05, 3.63) is 72.3 Å². The molecule has 4 aromatic carbocycles. The molecule has 0 aromatic heterocycles. The van der Waals surface area contributed by atoms with Crippen LogP contribution in [0.3, 0.4) is 0 Å². The molecule has 0 bridgehead atoms. The molecule has 0 aliphatic rings. The molecule has 4 aromatic rings. The van der Waals surface area contributed by atoms with Crippen LogP contribution in [-0.2, 0) is 6.42 Å². The molecule has 24 heavy (non-hydrogen) atoms. The van der Waals surface area contributed by atoms with Crippen molar-refractivity contribution >= 4 is 32.3 Å². The van der Waals surface area contributed by atoms with Crippen LogP contribution in [0.4, 0.5) is 0 Å². The summed E-state index contributed by atoms with van der Waals surface area (Å²) in [5.74, 6) is 0. The van der Waals surface area contributed by atoms with Gasteiger partial charge in [-0.05, 0) is 56.8 Å². The van der Waals surface area contributed by atoms with Gasteiger partial charge in [-0.15, -0.1) is 0 Å². The Labute approximate surface area is 144 Å². The van der Waals surface area contributed by atoms with E-state index in [2.05, 4.69) is 73.7 Å². The molecule has 0 nitrogen and oxygen atoms in total. The van der Waals surface area contributed by atoms with Crippen molar-refractivity contribution in [2.24, 2.45) is 0 Å². The maximum absolute atomic E-state index is 2.42. The van der Waals surface area contributed by atoms with E-state index in [-0.39, 0.29) is 0 Å². The van der Waals surface area contributed by atoms with E-state index in [4.69, 9.17) is 0 Å². The Morgan fingerprint density at radius 3 is 2.38 bits per heavy atom. The van der Waals surface area contributed by atoms with Gasteiger partial charge in [-0.25, -0.2) is 0 Å². The van der Waals surface area contributed by atoms with E-state index in [1.807, 2.05) is 0 Å². The second kappa shape index (κ2) is 6.65. The highest BCUT2D eigenvalue weighted by Crippen LogP contribution is 2.33. The molecular weight excluding hydrogens is 288 g/mol. The van der Waals surface area contributed by atoms with Gasteiger partial charge in [0.1, 0.15) is 0 Å². The minimum Gasteiger partial charge on any atom is -0.0654 e. The molecule has 0 heteroatoms. The van der Waals surface area contributed by atoms with Crippen molar-refractivity contribution in [2.45, 2.75) is 39.0 Å². The molecule has 0 amide bonds. The maximum atomic E-state index is 2.42. The quantitative estimate of drug-likeness (QED) is 0.340. The predicted octanol–water partition coefficient (Wildman–Crippen LogP) is 7.27. The average Bonchev–Trinajstić information content (AvgIpc) is 2.85. The van der Waals surface area contributed by atoms with Gasteiger partial charge in [0.2, 0.25) is 0 Å². The summed E-state index contributed by atoms with van der Waals surface area (Å²) < 4.78 is 0. The SMILES string of the molecule is CCCCCCc1cccc2ccc3c4ccccc4cc3c2c1. The highest BCUT2D eigenvalue weighted by molar-refractivity contribution is 6.20. The lowest BCUT2D eigenvalue weighted by molar-refractivity contribution is 0.667. The normalized spacial score (nSPS) is 11.5. The zero-order valence-corrected chi connectivity index (χ0v) is 14.4. The van der Waals surface area contributed by atoms with Crippen molar-refractivity contribution in [3.63, 3.8) is 0 Å². The van der Waals surface area contributed by atoms with Crippen LogP contribution in [0, 0.1) is 0 Å². The summed E-state index contributed by atoms with van der Waals surface area (Å²) >= 11 is 0. The standard InChI is InChI=1S/C24H24/c1-2-3-4-5-9-18-10-8-12-19-14-15-22-21-13-7-6-11-20(21)17-24(22)23(19)16-18/h6-8,10-17H,2-5,9H2,1H3. The Kier molecular flexibility index (Phi) is 4.21. The van der Waals surface area contributed by atoms with Gasteiger partial charge < -0.3 is 0 Å². The zero-order valence-electron chi connectivity index (χ0n) is 14.4. The van der Waals surface area contributed by atoms with Crippen molar-refractivity contribution < 1.29 is 0 Å². The smallest absolute Gasteiger partial charge is 0.00929 e. The van der Waals surface area contributed by atoms with Crippen LogP contribution < -0.4 is 0 Å². The molecule has 0 unspecified atom stereocenters. The average molecular weight is 312 g/mol. The second-order valence-electron chi connectivity index (χ2n) is 6.82. The van der Waals surface area contributed by atoms with E-state index < -0.39 is 0 Å². The highest BCUT2D eigenvalue weighted by atomic mass is 14.1. The van der Waals surface area contributed by atoms with Crippen LogP contribution in [0.1, 0.15) is 38.2 Å². The van der Waals surface area contributed by atoms with E-state index in [1.54, 1.807) is 0 Å². The van der Waals surface area contributed by atoms with Gasteiger partial charge in [0.15, 0.2) is 0 Å². The van der Waals surface area contributed by atoms with Crippen molar-refractivity contribution in [3.8, 4) is 0 Å². The third-order valence-corrected chi connectivity index (χ3v) is 5.11. The van der Waals surface area contributed by atoms with Crippen LogP contribution >= 0.6 is 0 Å². The molecule has 0 heterocycles. The first-order valence-electron chi connectivity index (χ1n) is 9.20. The summed E-state index contributed by atoms with van der Waals surface area (Å²) in [6, 6.07) is 24.8. The summed E-state index contributed by atoms with van der Waals surface area (Å²) in [5, 5.41) is 8.19. The molecule has 0 spiro atoms. The van der Waals surface area contributed by atoms with Gasteiger partial charge in [0.25, 0.3) is 0 Å². The summed E-state index contributed by atoms with van der Waals surface area (Å²) in [6.07, 6.45) is 6.45. The summed E-state index contributed by atoms with van der Waals surface area (Å²) in [5.41, 5.74) is 1.46. The Morgan fingerprint density at radius 1 is 0.583 bits per heavy atom. The summed E-state index contributed by atoms with van der Waals surface area (Å²) in [6.45, 7) is 2.27.